The summed E-state index contributed by atoms with van der Waals surface area (Å²) in [6.45, 7) is 1.62. The van der Waals surface area contributed by atoms with E-state index in [-0.39, 0.29) is 23.8 Å². The van der Waals surface area contributed by atoms with Gasteiger partial charge >= 0.3 is 0 Å². The molecular weight excluding hydrogens is 395 g/mol. The second-order valence-corrected chi connectivity index (χ2v) is 6.75. The molecule has 0 aromatic heterocycles. The van der Waals surface area contributed by atoms with Crippen molar-refractivity contribution in [2.75, 3.05) is 5.32 Å². The Morgan fingerprint density at radius 3 is 2.58 bits per heavy atom. The summed E-state index contributed by atoms with van der Waals surface area (Å²) in [7, 11) is 0. The summed E-state index contributed by atoms with van der Waals surface area (Å²) in [6, 6.07) is 21.4. The van der Waals surface area contributed by atoms with Crippen molar-refractivity contribution in [2.45, 2.75) is 13.5 Å². The number of ketones is 1. The average Bonchev–Trinajstić information content (AvgIpc) is 2.76. The number of nitrogens with one attached hydrogen (secondary N) is 1. The molecule has 154 valence electrons. The van der Waals surface area contributed by atoms with E-state index in [2.05, 4.69) is 5.32 Å². The molecule has 0 radical (unpaired) electrons. The molecule has 3 rings (SSSR count). The van der Waals surface area contributed by atoms with Crippen LogP contribution in [0.5, 0.6) is 5.75 Å². The number of carbonyl (C=O) groups is 2. The van der Waals surface area contributed by atoms with E-state index < -0.39 is 5.91 Å². The van der Waals surface area contributed by atoms with Crippen molar-refractivity contribution in [1.82, 2.24) is 0 Å². The van der Waals surface area contributed by atoms with Crippen molar-refractivity contribution in [2.24, 2.45) is 0 Å². The van der Waals surface area contributed by atoms with E-state index in [4.69, 9.17) is 4.74 Å². The summed E-state index contributed by atoms with van der Waals surface area (Å²) in [5, 5.41) is 12.1. The average molecular weight is 414 g/mol. The SMILES string of the molecule is CC(=O)c1cccc(NC(=O)/C(C#N)=C\c2cccc(OCc3cccc(F)c3)c2)c1. The number of carbonyl (C=O) groups excluding carboxylic acids is 2. The highest BCUT2D eigenvalue weighted by Gasteiger charge is 2.11. The molecular formula is C25H19FN2O3. The van der Waals surface area contributed by atoms with Crippen LogP contribution < -0.4 is 10.1 Å². The van der Waals surface area contributed by atoms with Gasteiger partial charge in [0.1, 0.15) is 29.8 Å². The van der Waals surface area contributed by atoms with Crippen LogP contribution in [0.2, 0.25) is 0 Å². The highest BCUT2D eigenvalue weighted by molar-refractivity contribution is 6.10. The number of rotatable bonds is 7. The van der Waals surface area contributed by atoms with Gasteiger partial charge in [-0.3, -0.25) is 9.59 Å². The van der Waals surface area contributed by atoms with Gasteiger partial charge in [-0.1, -0.05) is 36.4 Å². The van der Waals surface area contributed by atoms with Crippen molar-refractivity contribution in [3.8, 4) is 11.8 Å². The number of anilines is 1. The summed E-state index contributed by atoms with van der Waals surface area (Å²) in [6.07, 6.45) is 1.44. The number of hydrogen-bond donors (Lipinski definition) is 1. The van der Waals surface area contributed by atoms with Crippen molar-refractivity contribution in [1.29, 1.82) is 5.26 Å². The summed E-state index contributed by atoms with van der Waals surface area (Å²) < 4.78 is 19.0. The van der Waals surface area contributed by atoms with Gasteiger partial charge in [0.25, 0.3) is 5.91 Å². The van der Waals surface area contributed by atoms with E-state index in [1.165, 1.54) is 25.1 Å². The van der Waals surface area contributed by atoms with Crippen LogP contribution >= 0.6 is 0 Å². The second-order valence-electron chi connectivity index (χ2n) is 6.75. The number of nitriles is 1. The molecule has 0 unspecified atom stereocenters. The maximum absolute atomic E-state index is 13.3. The van der Waals surface area contributed by atoms with Crippen molar-refractivity contribution >= 4 is 23.5 Å². The Morgan fingerprint density at radius 2 is 1.84 bits per heavy atom. The number of amides is 1. The topological polar surface area (TPSA) is 79.2 Å². The molecule has 0 bridgehead atoms. The molecule has 0 fully saturated rings. The van der Waals surface area contributed by atoms with Crippen LogP contribution in [0, 0.1) is 17.1 Å². The minimum absolute atomic E-state index is 0.101. The smallest absolute Gasteiger partial charge is 0.266 e. The zero-order chi connectivity index (χ0) is 22.2. The van der Waals surface area contributed by atoms with E-state index in [0.29, 0.717) is 28.1 Å². The van der Waals surface area contributed by atoms with Crippen molar-refractivity contribution in [3.63, 3.8) is 0 Å². The molecule has 0 atom stereocenters. The zero-order valence-electron chi connectivity index (χ0n) is 16.8. The lowest BCUT2D eigenvalue weighted by Crippen LogP contribution is -2.13. The van der Waals surface area contributed by atoms with Crippen LogP contribution in [0.4, 0.5) is 10.1 Å². The Hall–Kier alpha value is -4.24. The Balaban J connectivity index is 1.72. The quantitative estimate of drug-likeness (QED) is 0.329. The lowest BCUT2D eigenvalue weighted by Gasteiger charge is -2.08. The van der Waals surface area contributed by atoms with Gasteiger partial charge in [-0.15, -0.1) is 0 Å². The predicted octanol–water partition coefficient (Wildman–Crippen LogP) is 5.15. The number of nitrogens with zero attached hydrogens (tertiary/aromatic N) is 1. The summed E-state index contributed by atoms with van der Waals surface area (Å²) >= 11 is 0. The maximum atomic E-state index is 13.3. The maximum Gasteiger partial charge on any atom is 0.266 e. The van der Waals surface area contributed by atoms with E-state index >= 15 is 0 Å². The van der Waals surface area contributed by atoms with E-state index in [0.717, 1.165) is 0 Å². The second kappa shape index (κ2) is 9.99. The molecule has 0 heterocycles. The van der Waals surface area contributed by atoms with Gasteiger partial charge in [0.05, 0.1) is 0 Å². The normalized spacial score (nSPS) is 10.8. The lowest BCUT2D eigenvalue weighted by molar-refractivity contribution is -0.112. The van der Waals surface area contributed by atoms with Crippen molar-refractivity contribution < 1.29 is 18.7 Å². The number of halogens is 1. The first-order valence-corrected chi connectivity index (χ1v) is 9.46. The molecule has 1 amide bonds. The van der Waals surface area contributed by atoms with Crippen LogP contribution in [0.3, 0.4) is 0 Å². The summed E-state index contributed by atoms with van der Waals surface area (Å²) in [4.78, 5) is 24.0. The third-order valence-corrected chi connectivity index (χ3v) is 4.36. The number of hydrogen-bond acceptors (Lipinski definition) is 4. The van der Waals surface area contributed by atoms with Gasteiger partial charge < -0.3 is 10.1 Å². The molecule has 5 nitrogen and oxygen atoms in total. The van der Waals surface area contributed by atoms with Crippen LogP contribution in [0.25, 0.3) is 6.08 Å². The van der Waals surface area contributed by atoms with Gasteiger partial charge in [-0.25, -0.2) is 4.39 Å². The molecule has 1 N–H and O–H groups in total. The Kier molecular flexibility index (Phi) is 6.92. The van der Waals surface area contributed by atoms with Crippen LogP contribution in [-0.2, 0) is 11.4 Å². The van der Waals surface area contributed by atoms with E-state index in [9.17, 15) is 19.2 Å². The van der Waals surface area contributed by atoms with Gasteiger partial charge in [-0.2, -0.15) is 5.26 Å². The fourth-order valence-corrected chi connectivity index (χ4v) is 2.82. The molecule has 0 aliphatic rings. The fourth-order valence-electron chi connectivity index (χ4n) is 2.82. The minimum atomic E-state index is -0.589. The Bertz CT molecular complexity index is 1200. The van der Waals surface area contributed by atoms with Gasteiger partial charge in [0.15, 0.2) is 5.78 Å². The van der Waals surface area contributed by atoms with Crippen LogP contribution in [0.1, 0.15) is 28.4 Å². The largest absolute Gasteiger partial charge is 0.489 e. The van der Waals surface area contributed by atoms with Gasteiger partial charge in [0, 0.05) is 11.3 Å². The lowest BCUT2D eigenvalue weighted by atomic mass is 10.1. The number of benzene rings is 3. The van der Waals surface area contributed by atoms with Crippen molar-refractivity contribution in [3.05, 3.63) is 101 Å². The standard InChI is InChI=1S/C25H19FN2O3/c1-17(29)20-7-4-9-23(14-20)28-25(30)21(15-27)11-18-5-3-10-24(13-18)31-16-19-6-2-8-22(26)12-19/h2-14H,16H2,1H3,(H,28,30)/b21-11-. The highest BCUT2D eigenvalue weighted by Crippen LogP contribution is 2.19. The first kappa shape index (κ1) is 21.5. The third-order valence-electron chi connectivity index (χ3n) is 4.36. The molecule has 6 heteroatoms. The molecule has 0 saturated heterocycles. The van der Waals surface area contributed by atoms with Gasteiger partial charge in [0.2, 0.25) is 0 Å². The van der Waals surface area contributed by atoms with Crippen LogP contribution in [0.15, 0.2) is 78.4 Å². The number of ether oxygens (including phenoxy) is 1. The molecule has 3 aromatic rings. The molecule has 0 saturated carbocycles. The monoisotopic (exact) mass is 414 g/mol. The summed E-state index contributed by atoms with van der Waals surface area (Å²) in [5.74, 6) is -0.530. The molecule has 31 heavy (non-hydrogen) atoms. The molecule has 0 aliphatic heterocycles. The zero-order valence-corrected chi connectivity index (χ0v) is 16.8. The van der Waals surface area contributed by atoms with Crippen LogP contribution in [-0.4, -0.2) is 11.7 Å². The first-order chi connectivity index (χ1) is 14.9. The predicted molar refractivity (Wildman–Crippen MR) is 116 cm³/mol. The minimum Gasteiger partial charge on any atom is -0.489 e. The molecule has 0 aliphatic carbocycles. The molecule has 3 aromatic carbocycles. The number of Topliss-reactive ketones (excluding diaryl/α,β-unsaturated/α-hetero) is 1. The fraction of sp³-hybridized carbons (Fsp3) is 0.0800. The van der Waals surface area contributed by atoms with E-state index in [1.54, 1.807) is 60.7 Å². The first-order valence-electron chi connectivity index (χ1n) is 9.46. The molecule has 0 spiro atoms. The summed E-state index contributed by atoms with van der Waals surface area (Å²) in [5.41, 5.74) is 2.07. The highest BCUT2D eigenvalue weighted by atomic mass is 19.1. The Morgan fingerprint density at radius 1 is 1.06 bits per heavy atom. The third kappa shape index (κ3) is 6.12. The Labute approximate surface area is 179 Å². The van der Waals surface area contributed by atoms with Gasteiger partial charge in [-0.05, 0) is 60.5 Å². The van der Waals surface area contributed by atoms with E-state index in [1.807, 2.05) is 6.07 Å².